The molecule has 0 radical (unpaired) electrons. The number of amides is 1. The molecule has 52 heavy (non-hydrogen) atoms. The fourth-order valence-corrected chi connectivity index (χ4v) is 13.9. The van der Waals surface area contributed by atoms with Gasteiger partial charge >= 0.3 is 11.9 Å². The van der Waals surface area contributed by atoms with Crippen LogP contribution in [0.1, 0.15) is 159 Å². The van der Waals surface area contributed by atoms with Gasteiger partial charge in [0, 0.05) is 23.8 Å². The highest BCUT2D eigenvalue weighted by Crippen LogP contribution is 2.76. The van der Waals surface area contributed by atoms with E-state index >= 15 is 0 Å². The number of esters is 1. The molecule has 0 unspecified atom stereocenters. The predicted octanol–water partition coefficient (Wildman–Crippen LogP) is 9.63. The maximum atomic E-state index is 14.0. The van der Waals surface area contributed by atoms with Crippen molar-refractivity contribution in [3.63, 3.8) is 0 Å². The van der Waals surface area contributed by atoms with Crippen molar-refractivity contribution in [1.82, 2.24) is 5.32 Å². The number of rotatable bonds is 9. The van der Waals surface area contributed by atoms with Crippen LogP contribution in [0.5, 0.6) is 0 Å². The minimum absolute atomic E-state index is 0.0200. The van der Waals surface area contributed by atoms with Gasteiger partial charge in [-0.05, 0) is 141 Å². The number of nitrogens with one attached hydrogen (secondary N) is 1. The van der Waals surface area contributed by atoms with Gasteiger partial charge in [0.2, 0.25) is 5.91 Å². The number of hydrogen-bond acceptors (Lipinski definition) is 5. The van der Waals surface area contributed by atoms with Crippen LogP contribution in [0.15, 0.2) is 23.3 Å². The van der Waals surface area contributed by atoms with Crippen LogP contribution in [0.25, 0.3) is 0 Å². The van der Waals surface area contributed by atoms with E-state index in [-0.39, 0.29) is 57.2 Å². The number of carboxylic acids is 1. The van der Waals surface area contributed by atoms with E-state index in [0.29, 0.717) is 30.1 Å². The smallest absolute Gasteiger partial charge is 0.309 e. The fourth-order valence-electron chi connectivity index (χ4n) is 13.9. The third kappa shape index (κ3) is 6.44. The van der Waals surface area contributed by atoms with E-state index in [0.717, 1.165) is 63.5 Å². The average molecular weight is 720 g/mol. The van der Waals surface area contributed by atoms with Gasteiger partial charge < -0.3 is 15.2 Å². The van der Waals surface area contributed by atoms with E-state index in [4.69, 9.17) is 4.74 Å². The molecule has 1 amide bonds. The summed E-state index contributed by atoms with van der Waals surface area (Å²) in [5.41, 5.74) is 0.719. The van der Waals surface area contributed by atoms with Crippen LogP contribution >= 0.6 is 0 Å². The number of carbonyl (C=O) groups excluding carboxylic acids is 3. The number of aliphatic carboxylic acids is 1. The van der Waals surface area contributed by atoms with Crippen LogP contribution < -0.4 is 5.32 Å². The molecule has 6 aliphatic carbocycles. The molecule has 0 spiro atoms. The number of hydrogen-bond donors (Lipinski definition) is 2. The molecule has 7 nitrogen and oxygen atoms in total. The van der Waals surface area contributed by atoms with Gasteiger partial charge in [-0.15, -0.1) is 0 Å². The molecule has 0 heterocycles. The molecule has 7 heteroatoms. The lowest BCUT2D eigenvalue weighted by molar-refractivity contribution is -0.221. The molecule has 5 fully saturated rings. The summed E-state index contributed by atoms with van der Waals surface area (Å²) >= 11 is 0. The van der Waals surface area contributed by atoms with Crippen LogP contribution in [0.3, 0.4) is 0 Å². The van der Waals surface area contributed by atoms with Crippen molar-refractivity contribution in [2.45, 2.75) is 165 Å². The first kappa shape index (κ1) is 39.3. The Morgan fingerprint density at radius 1 is 0.865 bits per heavy atom. The number of allylic oxidation sites excluding steroid dienone is 3. The Labute approximate surface area is 313 Å². The molecule has 0 saturated heterocycles. The molecule has 6 rings (SSSR count). The molecular formula is C45H69NO6. The number of Topliss-reactive ketones (excluding diaryl/α,β-unsaturated/α-hetero) is 1. The van der Waals surface area contributed by atoms with Crippen molar-refractivity contribution in [2.24, 2.45) is 62.1 Å². The molecule has 0 bridgehead atoms. The Balaban J connectivity index is 1.25. The Morgan fingerprint density at radius 3 is 2.13 bits per heavy atom. The van der Waals surface area contributed by atoms with Gasteiger partial charge in [-0.1, -0.05) is 73.8 Å². The maximum Gasteiger partial charge on any atom is 0.309 e. The van der Waals surface area contributed by atoms with Crippen LogP contribution in [0.2, 0.25) is 0 Å². The van der Waals surface area contributed by atoms with Gasteiger partial charge in [-0.2, -0.15) is 0 Å². The standard InChI is InChI=1S/C45H69NO6/c1-28(2)37-30(47)25-45(24-19-35(48)46-27-29-13-11-10-12-14-29)23-17-33-43(8)20-15-31-41(5,6)34(52-36(49)26-40(3,4)39(50)51)18-22-42(31,7)32(43)16-21-44(33,9)38(37)45/h19,24,28-29,31-34H,10-18,20-23,25-27H2,1-9H3,(H,46,48)(H,50,51)/b24-19+/t31-,32+,33-,34-,42-,43+,44-,45+/m0/s1. The monoisotopic (exact) mass is 720 g/mol. The predicted molar refractivity (Wildman–Crippen MR) is 204 cm³/mol. The van der Waals surface area contributed by atoms with Gasteiger partial charge in [-0.25, -0.2) is 0 Å². The Bertz CT molecular complexity index is 1510. The summed E-state index contributed by atoms with van der Waals surface area (Å²) in [4.78, 5) is 52.1. The van der Waals surface area contributed by atoms with Crippen LogP contribution in [-0.4, -0.2) is 41.4 Å². The number of carbonyl (C=O) groups is 4. The fraction of sp³-hybridized carbons (Fsp3) is 0.822. The summed E-state index contributed by atoms with van der Waals surface area (Å²) in [6.07, 6.45) is 18.4. The highest BCUT2D eigenvalue weighted by atomic mass is 16.5. The third-order valence-corrected chi connectivity index (χ3v) is 16.4. The molecule has 8 atom stereocenters. The maximum absolute atomic E-state index is 14.0. The van der Waals surface area contributed by atoms with Gasteiger partial charge in [0.25, 0.3) is 0 Å². The first-order chi connectivity index (χ1) is 24.2. The lowest BCUT2D eigenvalue weighted by Gasteiger charge is -2.70. The van der Waals surface area contributed by atoms with Crippen molar-refractivity contribution in [2.75, 3.05) is 6.54 Å². The number of ether oxygens (including phenoxy) is 1. The Morgan fingerprint density at radius 2 is 1.48 bits per heavy atom. The Kier molecular flexibility index (Phi) is 10.3. The lowest BCUT2D eigenvalue weighted by Crippen LogP contribution is -2.64. The normalized spacial score (nSPS) is 39.1. The topological polar surface area (TPSA) is 110 Å². The molecule has 0 aromatic carbocycles. The van der Waals surface area contributed by atoms with Gasteiger partial charge in [0.1, 0.15) is 6.10 Å². The molecule has 0 aromatic heterocycles. The van der Waals surface area contributed by atoms with Crippen molar-refractivity contribution >= 4 is 23.6 Å². The van der Waals surface area contributed by atoms with Gasteiger partial charge in [0.15, 0.2) is 5.78 Å². The summed E-state index contributed by atoms with van der Waals surface area (Å²) in [5.74, 6) is 0.943. The Hall–Kier alpha value is -2.44. The first-order valence-corrected chi connectivity index (χ1v) is 20.9. The zero-order chi connectivity index (χ0) is 38.1. The van der Waals surface area contributed by atoms with Crippen LogP contribution in [0, 0.1) is 62.1 Å². The average Bonchev–Trinajstić information content (AvgIpc) is 3.37. The SMILES string of the molecule is CC(C)C1=C2[C@@](/C=C/C(=O)NCC3CCCCC3)(CC[C@H]3[C@]4(C)CC[C@H]5C(C)(C)[C@@H](OC(=O)CC(C)(C)C(=O)O)CC[C@]5(C)[C@H]4CC[C@]23C)CC1=O. The number of ketones is 1. The highest BCUT2D eigenvalue weighted by molar-refractivity contribution is 6.01. The van der Waals surface area contributed by atoms with Crippen LogP contribution in [-0.2, 0) is 23.9 Å². The summed E-state index contributed by atoms with van der Waals surface area (Å²) in [7, 11) is 0. The lowest BCUT2D eigenvalue weighted by atomic mass is 9.34. The van der Waals surface area contributed by atoms with E-state index in [1.165, 1.54) is 37.7 Å². The van der Waals surface area contributed by atoms with E-state index < -0.39 is 17.4 Å². The molecule has 6 aliphatic rings. The molecule has 290 valence electrons. The van der Waals surface area contributed by atoms with E-state index in [9.17, 15) is 24.3 Å². The second-order valence-electron chi connectivity index (χ2n) is 20.7. The number of carboxylic acid groups (broad SMARTS) is 1. The van der Waals surface area contributed by atoms with E-state index in [2.05, 4.69) is 59.9 Å². The second-order valence-corrected chi connectivity index (χ2v) is 20.7. The van der Waals surface area contributed by atoms with Crippen molar-refractivity contribution < 1.29 is 29.0 Å². The molecule has 5 saturated carbocycles. The van der Waals surface area contributed by atoms with Crippen molar-refractivity contribution in [1.29, 1.82) is 0 Å². The highest BCUT2D eigenvalue weighted by Gasteiger charge is 2.69. The molecule has 0 aliphatic heterocycles. The molecular weight excluding hydrogens is 650 g/mol. The quantitative estimate of drug-likeness (QED) is 0.181. The minimum atomic E-state index is -1.16. The summed E-state index contributed by atoms with van der Waals surface area (Å²) in [6, 6.07) is 0. The molecule has 2 N–H and O–H groups in total. The second kappa shape index (κ2) is 13.7. The first-order valence-electron chi connectivity index (χ1n) is 20.9. The van der Waals surface area contributed by atoms with E-state index in [1.54, 1.807) is 19.9 Å². The minimum Gasteiger partial charge on any atom is -0.481 e. The van der Waals surface area contributed by atoms with E-state index in [1.807, 2.05) is 0 Å². The summed E-state index contributed by atoms with van der Waals surface area (Å²) < 4.78 is 6.16. The number of fused-ring (bicyclic) bond motifs is 7. The van der Waals surface area contributed by atoms with Crippen molar-refractivity contribution in [3.8, 4) is 0 Å². The molecule has 0 aromatic rings. The van der Waals surface area contributed by atoms with Crippen LogP contribution in [0.4, 0.5) is 0 Å². The summed E-state index contributed by atoms with van der Waals surface area (Å²) in [5, 5.41) is 12.8. The van der Waals surface area contributed by atoms with Crippen molar-refractivity contribution in [3.05, 3.63) is 23.3 Å². The third-order valence-electron chi connectivity index (χ3n) is 16.4. The largest absolute Gasteiger partial charge is 0.481 e. The zero-order valence-electron chi connectivity index (χ0n) is 33.9. The van der Waals surface area contributed by atoms with Gasteiger partial charge in [0.05, 0.1) is 11.8 Å². The van der Waals surface area contributed by atoms with Gasteiger partial charge in [-0.3, -0.25) is 19.2 Å². The zero-order valence-corrected chi connectivity index (χ0v) is 33.9. The summed E-state index contributed by atoms with van der Waals surface area (Å²) in [6.45, 7) is 20.4.